The normalized spacial score (nSPS) is 14.8. The number of aliphatic hydroxyl groups excluding tert-OH is 1. The van der Waals surface area contributed by atoms with E-state index >= 15 is 0 Å². The van der Waals surface area contributed by atoms with E-state index in [0.717, 1.165) is 35.2 Å². The van der Waals surface area contributed by atoms with Gasteiger partial charge < -0.3 is 14.9 Å². The molecule has 21 heavy (non-hydrogen) atoms. The maximum Gasteiger partial charge on any atom is 0.195 e. The Morgan fingerprint density at radius 3 is 2.86 bits per heavy atom. The van der Waals surface area contributed by atoms with E-state index in [4.69, 9.17) is 4.98 Å². The van der Waals surface area contributed by atoms with Crippen molar-refractivity contribution in [3.05, 3.63) is 41.5 Å². The standard InChI is InChI=1S/C15H16N4OS/c1-17-6-7-18(12-5-3-2-4-11(12)17)14-13(10-20)19-8-9-21-15(19)16-14/h2-5,8-9,20H,6-7,10H2,1H3. The predicted molar refractivity (Wildman–Crippen MR) is 85.7 cm³/mol. The van der Waals surface area contributed by atoms with Crippen LogP contribution >= 0.6 is 11.3 Å². The second-order valence-electron chi connectivity index (χ2n) is 5.16. The summed E-state index contributed by atoms with van der Waals surface area (Å²) in [6.07, 6.45) is 1.96. The zero-order valence-electron chi connectivity index (χ0n) is 11.7. The first-order chi connectivity index (χ1) is 10.3. The lowest BCUT2D eigenvalue weighted by Crippen LogP contribution is -2.37. The molecule has 2 aromatic heterocycles. The Morgan fingerprint density at radius 2 is 2.05 bits per heavy atom. The maximum atomic E-state index is 9.76. The van der Waals surface area contributed by atoms with Gasteiger partial charge in [0.1, 0.15) is 0 Å². The molecular weight excluding hydrogens is 284 g/mol. The Balaban J connectivity index is 1.89. The summed E-state index contributed by atoms with van der Waals surface area (Å²) in [5.74, 6) is 0.866. The van der Waals surface area contributed by atoms with E-state index in [9.17, 15) is 5.11 Å². The van der Waals surface area contributed by atoms with Crippen molar-refractivity contribution >= 4 is 33.5 Å². The van der Waals surface area contributed by atoms with E-state index in [1.165, 1.54) is 5.69 Å². The van der Waals surface area contributed by atoms with Crippen LogP contribution in [0.1, 0.15) is 5.69 Å². The maximum absolute atomic E-state index is 9.76. The molecule has 108 valence electrons. The molecule has 4 rings (SSSR count). The number of thiazole rings is 1. The van der Waals surface area contributed by atoms with Crippen molar-refractivity contribution in [2.24, 2.45) is 0 Å². The molecule has 0 fully saturated rings. The topological polar surface area (TPSA) is 44.0 Å². The third-order valence-corrected chi connectivity index (χ3v) is 4.74. The number of likely N-dealkylation sites (N-methyl/N-ethyl adjacent to an activating group) is 1. The summed E-state index contributed by atoms with van der Waals surface area (Å²) in [6, 6.07) is 8.33. The Hall–Kier alpha value is -2.05. The summed E-state index contributed by atoms with van der Waals surface area (Å²) in [5, 5.41) is 11.8. The van der Waals surface area contributed by atoms with Crippen LogP contribution in [0, 0.1) is 0 Å². The summed E-state index contributed by atoms with van der Waals surface area (Å²) in [5.41, 5.74) is 3.20. The minimum Gasteiger partial charge on any atom is -0.390 e. The first kappa shape index (κ1) is 12.7. The fraction of sp³-hybridized carbons (Fsp3) is 0.267. The number of anilines is 3. The van der Waals surface area contributed by atoms with Crippen molar-refractivity contribution in [2.75, 3.05) is 29.9 Å². The van der Waals surface area contributed by atoms with Gasteiger partial charge in [0, 0.05) is 31.7 Å². The lowest BCUT2D eigenvalue weighted by molar-refractivity contribution is 0.276. The van der Waals surface area contributed by atoms with Crippen LogP contribution in [-0.2, 0) is 6.61 Å². The molecule has 3 heterocycles. The van der Waals surface area contributed by atoms with Gasteiger partial charge in [-0.2, -0.15) is 0 Å². The molecule has 1 aliphatic rings. The van der Waals surface area contributed by atoms with Crippen LogP contribution in [0.5, 0.6) is 0 Å². The average molecular weight is 300 g/mol. The van der Waals surface area contributed by atoms with Gasteiger partial charge in [-0.25, -0.2) is 4.98 Å². The summed E-state index contributed by atoms with van der Waals surface area (Å²) >= 11 is 1.59. The number of aliphatic hydroxyl groups is 1. The molecule has 0 aliphatic carbocycles. The van der Waals surface area contributed by atoms with E-state index in [2.05, 4.69) is 35.0 Å². The first-order valence-corrected chi connectivity index (χ1v) is 7.80. The molecule has 0 saturated heterocycles. The largest absolute Gasteiger partial charge is 0.390 e. The molecule has 0 amide bonds. The lowest BCUT2D eigenvalue weighted by atomic mass is 10.1. The van der Waals surface area contributed by atoms with Gasteiger partial charge in [-0.05, 0) is 12.1 Å². The third-order valence-electron chi connectivity index (χ3n) is 3.99. The Labute approximate surface area is 126 Å². The summed E-state index contributed by atoms with van der Waals surface area (Å²) in [7, 11) is 2.11. The average Bonchev–Trinajstić information content (AvgIpc) is 3.08. The minimum atomic E-state index is -0.0122. The number of benzene rings is 1. The molecule has 0 bridgehead atoms. The van der Waals surface area contributed by atoms with E-state index < -0.39 is 0 Å². The predicted octanol–water partition coefficient (Wildman–Crippen LogP) is 2.48. The molecule has 1 aromatic carbocycles. The van der Waals surface area contributed by atoms with Gasteiger partial charge in [0.05, 0.1) is 23.7 Å². The van der Waals surface area contributed by atoms with Crippen LogP contribution in [0.3, 0.4) is 0 Å². The van der Waals surface area contributed by atoms with Gasteiger partial charge >= 0.3 is 0 Å². The van der Waals surface area contributed by atoms with Crippen LogP contribution < -0.4 is 9.80 Å². The Morgan fingerprint density at radius 1 is 1.24 bits per heavy atom. The second kappa shape index (κ2) is 4.75. The Kier molecular flexibility index (Phi) is 2.87. The van der Waals surface area contributed by atoms with Crippen molar-refractivity contribution in [3.8, 4) is 0 Å². The van der Waals surface area contributed by atoms with Crippen molar-refractivity contribution in [3.63, 3.8) is 0 Å². The lowest BCUT2D eigenvalue weighted by Gasteiger charge is -2.36. The fourth-order valence-corrected chi connectivity index (χ4v) is 3.64. The van der Waals surface area contributed by atoms with Crippen molar-refractivity contribution in [1.29, 1.82) is 0 Å². The highest BCUT2D eigenvalue weighted by Gasteiger charge is 2.26. The zero-order chi connectivity index (χ0) is 14.4. The van der Waals surface area contributed by atoms with Crippen molar-refractivity contribution < 1.29 is 5.11 Å². The molecule has 0 spiro atoms. The van der Waals surface area contributed by atoms with Crippen LogP contribution in [-0.4, -0.2) is 34.6 Å². The molecule has 0 unspecified atom stereocenters. The molecule has 0 atom stereocenters. The minimum absolute atomic E-state index is 0.0122. The molecule has 1 aliphatic heterocycles. The van der Waals surface area contributed by atoms with Gasteiger partial charge in [0.25, 0.3) is 0 Å². The highest BCUT2D eigenvalue weighted by Crippen LogP contribution is 2.38. The molecule has 0 radical (unpaired) electrons. The number of nitrogens with zero attached hydrogens (tertiary/aromatic N) is 4. The van der Waals surface area contributed by atoms with Crippen molar-refractivity contribution in [2.45, 2.75) is 6.61 Å². The number of hydrogen-bond acceptors (Lipinski definition) is 5. The zero-order valence-corrected chi connectivity index (χ0v) is 12.5. The number of rotatable bonds is 2. The van der Waals surface area contributed by atoms with Crippen LogP contribution in [0.2, 0.25) is 0 Å². The molecular formula is C15H16N4OS. The van der Waals surface area contributed by atoms with E-state index in [0.29, 0.717) is 0 Å². The highest BCUT2D eigenvalue weighted by atomic mass is 32.1. The molecule has 1 N–H and O–H groups in total. The van der Waals surface area contributed by atoms with Gasteiger partial charge in [-0.1, -0.05) is 12.1 Å². The number of imidazole rings is 1. The molecule has 0 saturated carbocycles. The monoisotopic (exact) mass is 300 g/mol. The second-order valence-corrected chi connectivity index (χ2v) is 6.03. The van der Waals surface area contributed by atoms with Crippen LogP contribution in [0.4, 0.5) is 17.2 Å². The molecule has 6 heteroatoms. The summed E-state index contributed by atoms with van der Waals surface area (Å²) < 4.78 is 1.97. The molecule has 5 nitrogen and oxygen atoms in total. The van der Waals surface area contributed by atoms with Gasteiger partial charge in [0.2, 0.25) is 0 Å². The summed E-state index contributed by atoms with van der Waals surface area (Å²) in [4.78, 5) is 10.1. The first-order valence-electron chi connectivity index (χ1n) is 6.92. The van der Waals surface area contributed by atoms with Crippen LogP contribution in [0.15, 0.2) is 35.8 Å². The van der Waals surface area contributed by atoms with Crippen LogP contribution in [0.25, 0.3) is 4.96 Å². The van der Waals surface area contributed by atoms with E-state index in [1.807, 2.05) is 22.0 Å². The molecule has 3 aromatic rings. The number of aromatic nitrogens is 2. The highest BCUT2D eigenvalue weighted by molar-refractivity contribution is 7.15. The SMILES string of the molecule is CN1CCN(c2nc3sccn3c2CO)c2ccccc21. The number of hydrogen-bond donors (Lipinski definition) is 1. The van der Waals surface area contributed by atoms with E-state index in [-0.39, 0.29) is 6.61 Å². The smallest absolute Gasteiger partial charge is 0.195 e. The third kappa shape index (κ3) is 1.83. The van der Waals surface area contributed by atoms with Gasteiger partial charge in [-0.15, -0.1) is 11.3 Å². The van der Waals surface area contributed by atoms with Gasteiger partial charge in [0.15, 0.2) is 10.8 Å². The number of fused-ring (bicyclic) bond motifs is 2. The van der Waals surface area contributed by atoms with Gasteiger partial charge in [-0.3, -0.25) is 4.40 Å². The van der Waals surface area contributed by atoms with Crippen molar-refractivity contribution in [1.82, 2.24) is 9.38 Å². The Bertz CT molecular complexity index is 794. The number of para-hydroxylation sites is 2. The summed E-state index contributed by atoms with van der Waals surface area (Å²) in [6.45, 7) is 1.79. The van der Waals surface area contributed by atoms with E-state index in [1.54, 1.807) is 11.3 Å². The fourth-order valence-electron chi connectivity index (χ4n) is 2.91. The quantitative estimate of drug-likeness (QED) is 0.789.